The van der Waals surface area contributed by atoms with Crippen molar-refractivity contribution in [2.75, 3.05) is 7.11 Å². The highest BCUT2D eigenvalue weighted by molar-refractivity contribution is 5.24. The fraction of sp³-hybridized carbons (Fsp3) is 0.571. The van der Waals surface area contributed by atoms with Crippen LogP contribution in [0.1, 0.15) is 43.9 Å². The third-order valence-electron chi connectivity index (χ3n) is 3.23. The number of nitrogens with one attached hydrogen (secondary N) is 1. The summed E-state index contributed by atoms with van der Waals surface area (Å²) < 4.78 is 5.42. The van der Waals surface area contributed by atoms with E-state index in [2.05, 4.69) is 50.5 Å². The van der Waals surface area contributed by atoms with Gasteiger partial charge in [0.25, 0.3) is 0 Å². The van der Waals surface area contributed by atoms with Crippen molar-refractivity contribution in [3.05, 3.63) is 35.4 Å². The molecule has 3 heteroatoms. The molecule has 1 unspecified atom stereocenters. The summed E-state index contributed by atoms with van der Waals surface area (Å²) in [5.41, 5.74) is 5.28. The summed E-state index contributed by atoms with van der Waals surface area (Å²) in [5, 5.41) is 0. The van der Waals surface area contributed by atoms with Gasteiger partial charge in [-0.25, -0.2) is 0 Å². The molecule has 3 nitrogen and oxygen atoms in total. The van der Waals surface area contributed by atoms with Crippen molar-refractivity contribution < 1.29 is 4.74 Å². The van der Waals surface area contributed by atoms with E-state index in [9.17, 15) is 0 Å². The molecule has 96 valence electrons. The van der Waals surface area contributed by atoms with Gasteiger partial charge in [0.2, 0.25) is 0 Å². The Bertz CT molecular complexity index is 350. The van der Waals surface area contributed by atoms with Crippen molar-refractivity contribution >= 4 is 0 Å². The van der Waals surface area contributed by atoms with Crippen molar-refractivity contribution in [3.8, 4) is 0 Å². The van der Waals surface area contributed by atoms with E-state index in [0.29, 0.717) is 0 Å². The van der Waals surface area contributed by atoms with E-state index >= 15 is 0 Å². The second kappa shape index (κ2) is 6.15. The zero-order valence-electron chi connectivity index (χ0n) is 11.3. The predicted molar refractivity (Wildman–Crippen MR) is 71.6 cm³/mol. The lowest BCUT2D eigenvalue weighted by molar-refractivity contribution is 0.0117. The van der Waals surface area contributed by atoms with Gasteiger partial charge in [0.15, 0.2) is 0 Å². The van der Waals surface area contributed by atoms with Gasteiger partial charge in [0.05, 0.1) is 5.60 Å². The Balaban J connectivity index is 2.66. The van der Waals surface area contributed by atoms with E-state index < -0.39 is 0 Å². The average molecular weight is 236 g/mol. The lowest BCUT2D eigenvalue weighted by atomic mass is 9.94. The zero-order valence-corrected chi connectivity index (χ0v) is 11.3. The normalized spacial score (nSPS) is 13.7. The number of rotatable bonds is 6. The molecule has 0 aromatic heterocycles. The maximum Gasteiger partial charge on any atom is 0.0623 e. The second-order valence-corrected chi connectivity index (χ2v) is 5.14. The predicted octanol–water partition coefficient (Wildman–Crippen LogP) is 2.70. The molecule has 0 bridgehead atoms. The summed E-state index contributed by atoms with van der Waals surface area (Å²) in [4.78, 5) is 0. The Labute approximate surface area is 104 Å². The molecule has 17 heavy (non-hydrogen) atoms. The highest BCUT2D eigenvalue weighted by Gasteiger charge is 2.19. The minimum absolute atomic E-state index is 0.0983. The molecule has 0 amide bonds. The fourth-order valence-electron chi connectivity index (χ4n) is 1.83. The first kappa shape index (κ1) is 14.2. The summed E-state index contributed by atoms with van der Waals surface area (Å²) in [6, 6.07) is 8.62. The number of benzene rings is 1. The van der Waals surface area contributed by atoms with Gasteiger partial charge in [-0.2, -0.15) is 0 Å². The smallest absolute Gasteiger partial charge is 0.0623 e. The summed E-state index contributed by atoms with van der Waals surface area (Å²) >= 11 is 0. The molecule has 1 aromatic carbocycles. The van der Waals surface area contributed by atoms with E-state index in [1.807, 2.05) is 0 Å². The molecular weight excluding hydrogens is 212 g/mol. The molecule has 0 saturated carbocycles. The van der Waals surface area contributed by atoms with E-state index in [4.69, 9.17) is 10.6 Å². The highest BCUT2D eigenvalue weighted by Crippen LogP contribution is 2.24. The molecule has 1 atom stereocenters. The Morgan fingerprint density at radius 1 is 1.41 bits per heavy atom. The first-order valence-electron chi connectivity index (χ1n) is 6.06. The van der Waals surface area contributed by atoms with E-state index in [0.717, 1.165) is 12.8 Å². The minimum atomic E-state index is -0.0983. The molecule has 1 aromatic rings. The van der Waals surface area contributed by atoms with Gasteiger partial charge >= 0.3 is 0 Å². The first-order chi connectivity index (χ1) is 7.98. The van der Waals surface area contributed by atoms with Crippen LogP contribution < -0.4 is 11.3 Å². The molecule has 1 rings (SSSR count). The van der Waals surface area contributed by atoms with Gasteiger partial charge in [0.1, 0.15) is 0 Å². The van der Waals surface area contributed by atoms with Crippen molar-refractivity contribution in [3.63, 3.8) is 0 Å². The van der Waals surface area contributed by atoms with E-state index in [-0.39, 0.29) is 11.6 Å². The van der Waals surface area contributed by atoms with Crippen LogP contribution in [0.5, 0.6) is 0 Å². The van der Waals surface area contributed by atoms with Crippen LogP contribution in [-0.2, 0) is 4.74 Å². The highest BCUT2D eigenvalue weighted by atomic mass is 16.5. The first-order valence-corrected chi connectivity index (χ1v) is 6.06. The Morgan fingerprint density at radius 3 is 2.65 bits per heavy atom. The van der Waals surface area contributed by atoms with Gasteiger partial charge in [-0.3, -0.25) is 11.3 Å². The molecule has 0 aliphatic heterocycles. The fourth-order valence-corrected chi connectivity index (χ4v) is 1.83. The third-order valence-corrected chi connectivity index (χ3v) is 3.23. The number of aryl methyl sites for hydroxylation is 1. The van der Waals surface area contributed by atoms with Gasteiger partial charge in [-0.05, 0) is 39.2 Å². The Hall–Kier alpha value is -0.900. The third kappa shape index (κ3) is 4.46. The molecule has 0 saturated heterocycles. The monoisotopic (exact) mass is 236 g/mol. The molecule has 0 spiro atoms. The second-order valence-electron chi connectivity index (χ2n) is 5.14. The van der Waals surface area contributed by atoms with Crippen molar-refractivity contribution in [2.24, 2.45) is 5.84 Å². The summed E-state index contributed by atoms with van der Waals surface area (Å²) in [7, 11) is 1.75. The SMILES string of the molecule is COC(C)(C)CCC(NN)c1cccc(C)c1. The maximum absolute atomic E-state index is 5.63. The maximum atomic E-state index is 5.63. The van der Waals surface area contributed by atoms with Crippen LogP contribution in [0, 0.1) is 6.92 Å². The number of methoxy groups -OCH3 is 1. The zero-order chi connectivity index (χ0) is 12.9. The number of hydrogen-bond donors (Lipinski definition) is 2. The number of ether oxygens (including phenoxy) is 1. The van der Waals surface area contributed by atoms with Crippen LogP contribution in [0.15, 0.2) is 24.3 Å². The number of hydrazine groups is 1. The summed E-state index contributed by atoms with van der Waals surface area (Å²) in [6.45, 7) is 6.28. The topological polar surface area (TPSA) is 47.3 Å². The number of nitrogens with two attached hydrogens (primary N) is 1. The Kier molecular flexibility index (Phi) is 5.12. The van der Waals surface area contributed by atoms with Crippen molar-refractivity contribution in [2.45, 2.75) is 45.3 Å². The molecule has 3 N–H and O–H groups in total. The van der Waals surface area contributed by atoms with Crippen LogP contribution in [0.4, 0.5) is 0 Å². The van der Waals surface area contributed by atoms with Gasteiger partial charge in [-0.15, -0.1) is 0 Å². The van der Waals surface area contributed by atoms with Gasteiger partial charge in [-0.1, -0.05) is 29.8 Å². The van der Waals surface area contributed by atoms with Crippen LogP contribution in [0.25, 0.3) is 0 Å². The van der Waals surface area contributed by atoms with E-state index in [1.54, 1.807) is 7.11 Å². The van der Waals surface area contributed by atoms with Crippen LogP contribution in [0.3, 0.4) is 0 Å². The summed E-state index contributed by atoms with van der Waals surface area (Å²) in [6.07, 6.45) is 1.92. The van der Waals surface area contributed by atoms with Gasteiger partial charge in [0, 0.05) is 13.2 Å². The lowest BCUT2D eigenvalue weighted by Crippen LogP contribution is -2.31. The van der Waals surface area contributed by atoms with Crippen LogP contribution in [0.2, 0.25) is 0 Å². The van der Waals surface area contributed by atoms with Crippen LogP contribution >= 0.6 is 0 Å². The van der Waals surface area contributed by atoms with Crippen molar-refractivity contribution in [1.82, 2.24) is 5.43 Å². The molecule has 0 aliphatic carbocycles. The number of hydrogen-bond acceptors (Lipinski definition) is 3. The molecule has 0 aliphatic rings. The van der Waals surface area contributed by atoms with Gasteiger partial charge < -0.3 is 4.74 Å². The quantitative estimate of drug-likeness (QED) is 0.589. The van der Waals surface area contributed by atoms with Crippen molar-refractivity contribution in [1.29, 1.82) is 0 Å². The lowest BCUT2D eigenvalue weighted by Gasteiger charge is -2.26. The average Bonchev–Trinajstić information content (AvgIpc) is 2.30. The van der Waals surface area contributed by atoms with Crippen LogP contribution in [-0.4, -0.2) is 12.7 Å². The Morgan fingerprint density at radius 2 is 2.12 bits per heavy atom. The van der Waals surface area contributed by atoms with E-state index in [1.165, 1.54) is 11.1 Å². The molecule has 0 radical (unpaired) electrons. The molecule has 0 heterocycles. The minimum Gasteiger partial charge on any atom is -0.379 e. The molecular formula is C14H24N2O. The largest absolute Gasteiger partial charge is 0.379 e. The summed E-state index contributed by atoms with van der Waals surface area (Å²) in [5.74, 6) is 5.63. The molecule has 0 fully saturated rings. The standard InChI is InChI=1S/C14H24N2O/c1-11-6-5-7-12(10-11)13(16-15)8-9-14(2,3)17-4/h5-7,10,13,16H,8-9,15H2,1-4H3.